The number of carbonyl (C=O) groups is 1. The van der Waals surface area contributed by atoms with Crippen LogP contribution in [0.3, 0.4) is 0 Å². The summed E-state index contributed by atoms with van der Waals surface area (Å²) in [7, 11) is 0. The Bertz CT molecular complexity index is 625. The van der Waals surface area contributed by atoms with E-state index >= 15 is 0 Å². The Morgan fingerprint density at radius 3 is 1.60 bits per heavy atom. The molecule has 168 valence electrons. The van der Waals surface area contributed by atoms with Crippen molar-refractivity contribution < 1.29 is 38.0 Å². The standard InChI is InChI=1S/C21H31NO8/c1-2-21(23)22-18-3-4-19-20(17-18)30-16-14-28-12-10-26-8-6-24-5-7-25-9-11-27-13-15-29-19/h2-4,17H,1,5-16H2,(H,22,23). The number of carbonyl (C=O) groups excluding carboxylic acids is 1. The molecule has 1 aromatic rings. The minimum absolute atomic E-state index is 0.303. The molecule has 0 unspecified atom stereocenters. The Morgan fingerprint density at radius 2 is 1.13 bits per heavy atom. The smallest absolute Gasteiger partial charge is 0.247 e. The second-order valence-electron chi connectivity index (χ2n) is 6.11. The fourth-order valence-corrected chi connectivity index (χ4v) is 2.41. The quantitative estimate of drug-likeness (QED) is 0.716. The molecule has 9 nitrogen and oxygen atoms in total. The van der Waals surface area contributed by atoms with Crippen LogP contribution in [0.5, 0.6) is 11.5 Å². The third-order valence-corrected chi connectivity index (χ3v) is 3.86. The van der Waals surface area contributed by atoms with Crippen molar-refractivity contribution in [2.45, 2.75) is 0 Å². The Hall–Kier alpha value is -2.17. The second kappa shape index (κ2) is 15.6. The van der Waals surface area contributed by atoms with Crippen molar-refractivity contribution in [1.82, 2.24) is 0 Å². The van der Waals surface area contributed by atoms with Crippen LogP contribution in [0.1, 0.15) is 0 Å². The lowest BCUT2D eigenvalue weighted by atomic mass is 10.2. The van der Waals surface area contributed by atoms with Gasteiger partial charge in [-0.25, -0.2) is 0 Å². The van der Waals surface area contributed by atoms with E-state index in [1.807, 2.05) is 0 Å². The fraction of sp³-hybridized carbons (Fsp3) is 0.571. The molecule has 0 radical (unpaired) electrons. The molecule has 1 amide bonds. The molecule has 0 atom stereocenters. The summed E-state index contributed by atoms with van der Waals surface area (Å²) >= 11 is 0. The average molecular weight is 425 g/mol. The maximum atomic E-state index is 11.5. The number of amides is 1. The summed E-state index contributed by atoms with van der Waals surface area (Å²) in [4.78, 5) is 11.5. The van der Waals surface area contributed by atoms with Crippen molar-refractivity contribution >= 4 is 11.6 Å². The molecule has 2 rings (SSSR count). The van der Waals surface area contributed by atoms with Gasteiger partial charge < -0.3 is 38.5 Å². The lowest BCUT2D eigenvalue weighted by Crippen LogP contribution is -2.14. The van der Waals surface area contributed by atoms with Crippen LogP contribution in [0.15, 0.2) is 30.9 Å². The minimum atomic E-state index is -0.303. The van der Waals surface area contributed by atoms with Crippen molar-refractivity contribution in [1.29, 1.82) is 0 Å². The molecule has 1 N–H and O–H groups in total. The van der Waals surface area contributed by atoms with Gasteiger partial charge in [0.15, 0.2) is 11.5 Å². The summed E-state index contributed by atoms with van der Waals surface area (Å²) in [6, 6.07) is 5.17. The number of fused-ring (bicyclic) bond motifs is 1. The summed E-state index contributed by atoms with van der Waals surface area (Å²) in [5.74, 6) is 0.754. The SMILES string of the molecule is C=CC(=O)Nc1ccc2c(c1)OCCOCCOCCOCCOCCOCCO2. The van der Waals surface area contributed by atoms with Crippen LogP contribution in [0.4, 0.5) is 5.69 Å². The van der Waals surface area contributed by atoms with Gasteiger partial charge in [0.25, 0.3) is 0 Å². The van der Waals surface area contributed by atoms with Crippen molar-refractivity contribution in [3.63, 3.8) is 0 Å². The highest BCUT2D eigenvalue weighted by Gasteiger charge is 2.09. The van der Waals surface area contributed by atoms with Crippen LogP contribution in [0.2, 0.25) is 0 Å². The van der Waals surface area contributed by atoms with Gasteiger partial charge in [-0.15, -0.1) is 0 Å². The molecule has 0 spiro atoms. The third-order valence-electron chi connectivity index (χ3n) is 3.86. The first-order chi connectivity index (χ1) is 14.8. The van der Waals surface area contributed by atoms with Crippen LogP contribution < -0.4 is 14.8 Å². The van der Waals surface area contributed by atoms with Crippen molar-refractivity contribution in [3.8, 4) is 11.5 Å². The predicted molar refractivity (Wildman–Crippen MR) is 110 cm³/mol. The maximum Gasteiger partial charge on any atom is 0.247 e. The third kappa shape index (κ3) is 10.6. The van der Waals surface area contributed by atoms with Crippen molar-refractivity contribution in [3.05, 3.63) is 30.9 Å². The molecular weight excluding hydrogens is 394 g/mol. The molecule has 1 aromatic carbocycles. The Morgan fingerprint density at radius 1 is 0.700 bits per heavy atom. The van der Waals surface area contributed by atoms with Gasteiger partial charge in [0.05, 0.1) is 66.1 Å². The van der Waals surface area contributed by atoms with Crippen molar-refractivity contribution in [2.75, 3.05) is 84.6 Å². The van der Waals surface area contributed by atoms with E-state index in [1.165, 1.54) is 6.08 Å². The van der Waals surface area contributed by atoms with E-state index in [2.05, 4.69) is 11.9 Å². The van der Waals surface area contributed by atoms with Crippen LogP contribution in [-0.4, -0.2) is 85.2 Å². The molecule has 0 bridgehead atoms. The molecule has 0 saturated carbocycles. The van der Waals surface area contributed by atoms with E-state index in [9.17, 15) is 4.79 Å². The van der Waals surface area contributed by atoms with Crippen LogP contribution in [0, 0.1) is 0 Å². The van der Waals surface area contributed by atoms with E-state index in [-0.39, 0.29) is 5.91 Å². The van der Waals surface area contributed by atoms with Crippen molar-refractivity contribution in [2.24, 2.45) is 0 Å². The summed E-state index contributed by atoms with van der Waals surface area (Å²) in [5, 5.41) is 2.70. The molecule has 0 aliphatic carbocycles. The maximum absolute atomic E-state index is 11.5. The minimum Gasteiger partial charge on any atom is -0.487 e. The van der Waals surface area contributed by atoms with E-state index in [0.29, 0.717) is 96.5 Å². The number of rotatable bonds is 2. The molecule has 0 fully saturated rings. The largest absolute Gasteiger partial charge is 0.487 e. The van der Waals surface area contributed by atoms with E-state index in [1.54, 1.807) is 18.2 Å². The van der Waals surface area contributed by atoms with Gasteiger partial charge in [-0.1, -0.05) is 6.58 Å². The number of benzene rings is 1. The zero-order valence-electron chi connectivity index (χ0n) is 17.3. The number of hydrogen-bond donors (Lipinski definition) is 1. The molecule has 9 heteroatoms. The lowest BCUT2D eigenvalue weighted by molar-refractivity contribution is -0.111. The highest BCUT2D eigenvalue weighted by Crippen LogP contribution is 2.30. The molecule has 0 saturated heterocycles. The first-order valence-corrected chi connectivity index (χ1v) is 10.0. The Labute approximate surface area is 177 Å². The van der Waals surface area contributed by atoms with Gasteiger partial charge >= 0.3 is 0 Å². The highest BCUT2D eigenvalue weighted by atomic mass is 16.6. The zero-order valence-corrected chi connectivity index (χ0v) is 17.3. The van der Waals surface area contributed by atoms with Crippen LogP contribution in [-0.2, 0) is 28.5 Å². The van der Waals surface area contributed by atoms with Crippen LogP contribution in [0.25, 0.3) is 0 Å². The summed E-state index contributed by atoms with van der Waals surface area (Å²) in [6.07, 6.45) is 1.20. The van der Waals surface area contributed by atoms with E-state index in [0.717, 1.165) is 0 Å². The predicted octanol–water partition coefficient (Wildman–Crippen LogP) is 1.67. The zero-order chi connectivity index (χ0) is 21.3. The molecule has 0 aromatic heterocycles. The Kier molecular flexibility index (Phi) is 12.6. The number of nitrogens with one attached hydrogen (secondary N) is 1. The molecular formula is C21H31NO8. The first-order valence-electron chi connectivity index (χ1n) is 10.0. The summed E-state index contributed by atoms with van der Waals surface area (Å²) in [5.41, 5.74) is 0.581. The van der Waals surface area contributed by atoms with Crippen LogP contribution >= 0.6 is 0 Å². The summed E-state index contributed by atoms with van der Waals surface area (Å²) in [6.45, 7) is 8.89. The second-order valence-corrected chi connectivity index (χ2v) is 6.11. The first kappa shape index (κ1) is 24.1. The molecule has 1 aliphatic rings. The van der Waals surface area contributed by atoms with Gasteiger partial charge in [0.2, 0.25) is 5.91 Å². The normalized spacial score (nSPS) is 18.5. The molecule has 1 heterocycles. The topological polar surface area (TPSA) is 93.7 Å². The van der Waals surface area contributed by atoms with E-state index < -0.39 is 0 Å². The lowest BCUT2D eigenvalue weighted by Gasteiger charge is -2.15. The average Bonchev–Trinajstić information content (AvgIpc) is 2.75. The highest BCUT2D eigenvalue weighted by molar-refractivity contribution is 5.99. The Balaban J connectivity index is 1.89. The van der Waals surface area contributed by atoms with Gasteiger partial charge in [0.1, 0.15) is 13.2 Å². The molecule has 30 heavy (non-hydrogen) atoms. The molecule has 1 aliphatic heterocycles. The van der Waals surface area contributed by atoms with Gasteiger partial charge in [0, 0.05) is 11.8 Å². The van der Waals surface area contributed by atoms with Gasteiger partial charge in [-0.3, -0.25) is 4.79 Å². The summed E-state index contributed by atoms with van der Waals surface area (Å²) < 4.78 is 38.8. The van der Waals surface area contributed by atoms with Gasteiger partial charge in [-0.05, 0) is 18.2 Å². The fourth-order valence-electron chi connectivity index (χ4n) is 2.41. The monoisotopic (exact) mass is 425 g/mol. The van der Waals surface area contributed by atoms with E-state index in [4.69, 9.17) is 33.2 Å². The number of hydrogen-bond acceptors (Lipinski definition) is 8. The number of anilines is 1. The van der Waals surface area contributed by atoms with Gasteiger partial charge in [-0.2, -0.15) is 0 Å². The number of ether oxygens (including phenoxy) is 7.